The van der Waals surface area contributed by atoms with Gasteiger partial charge in [0.1, 0.15) is 11.3 Å². The van der Waals surface area contributed by atoms with Crippen molar-refractivity contribution in [1.29, 1.82) is 0 Å². The van der Waals surface area contributed by atoms with Gasteiger partial charge >= 0.3 is 0 Å². The van der Waals surface area contributed by atoms with Gasteiger partial charge in [0.05, 0.1) is 6.20 Å². The average Bonchev–Trinajstić information content (AvgIpc) is 2.95. The molecule has 1 N–H and O–H groups in total. The molecule has 1 aliphatic heterocycles. The van der Waals surface area contributed by atoms with Gasteiger partial charge < -0.3 is 14.7 Å². The number of rotatable bonds is 4. The number of hydrogen-bond donors (Lipinski definition) is 1. The summed E-state index contributed by atoms with van der Waals surface area (Å²) in [5.41, 5.74) is 0.588. The number of aromatic nitrogens is 1. The second kappa shape index (κ2) is 5.31. The summed E-state index contributed by atoms with van der Waals surface area (Å²) in [6.07, 6.45) is 3.51. The summed E-state index contributed by atoms with van der Waals surface area (Å²) in [6.45, 7) is 6.52. The predicted molar refractivity (Wildman–Crippen MR) is 63.8 cm³/mol. The summed E-state index contributed by atoms with van der Waals surface area (Å²) >= 11 is 0. The van der Waals surface area contributed by atoms with E-state index in [9.17, 15) is 4.79 Å². The Morgan fingerprint density at radius 3 is 3.06 bits per heavy atom. The van der Waals surface area contributed by atoms with Gasteiger partial charge in [0, 0.05) is 19.1 Å². The Bertz CT molecular complexity index is 383. The van der Waals surface area contributed by atoms with Crippen molar-refractivity contribution in [3.8, 4) is 0 Å². The lowest BCUT2D eigenvalue weighted by Gasteiger charge is -2.27. The van der Waals surface area contributed by atoms with Crippen molar-refractivity contribution >= 4 is 5.91 Å². The summed E-state index contributed by atoms with van der Waals surface area (Å²) in [5.74, 6) is 0.640. The van der Waals surface area contributed by atoms with Crippen LogP contribution in [0.2, 0.25) is 0 Å². The molecule has 2 heterocycles. The van der Waals surface area contributed by atoms with Gasteiger partial charge in [0.15, 0.2) is 0 Å². The first-order valence-electron chi connectivity index (χ1n) is 6.17. The smallest absolute Gasteiger partial charge is 0.259 e. The number of carbonyl (C=O) groups is 1. The van der Waals surface area contributed by atoms with Crippen LogP contribution in [0.5, 0.6) is 0 Å². The lowest BCUT2D eigenvalue weighted by Crippen LogP contribution is -2.42. The SMILES string of the molecule is CCCN(C(=O)c1cnoc1C)C1CCNC1. The van der Waals surface area contributed by atoms with E-state index < -0.39 is 0 Å². The Balaban J connectivity index is 2.15. The van der Waals surface area contributed by atoms with E-state index in [-0.39, 0.29) is 5.91 Å². The van der Waals surface area contributed by atoms with E-state index in [1.807, 2.05) is 4.90 Å². The van der Waals surface area contributed by atoms with Gasteiger partial charge in [-0.05, 0) is 26.3 Å². The fraction of sp³-hybridized carbons (Fsp3) is 0.667. The number of nitrogens with zero attached hydrogens (tertiary/aromatic N) is 2. The lowest BCUT2D eigenvalue weighted by atomic mass is 10.1. The molecule has 1 aliphatic rings. The van der Waals surface area contributed by atoms with E-state index in [1.165, 1.54) is 6.20 Å². The molecule has 0 aromatic carbocycles. The van der Waals surface area contributed by atoms with Crippen LogP contribution in [0.4, 0.5) is 0 Å². The standard InChI is InChI=1S/C12H19N3O2/c1-3-6-15(10-4-5-13-7-10)12(16)11-8-14-17-9(11)2/h8,10,13H,3-7H2,1-2H3. The molecular weight excluding hydrogens is 218 g/mol. The number of amides is 1. The largest absolute Gasteiger partial charge is 0.361 e. The van der Waals surface area contributed by atoms with Crippen LogP contribution in [-0.2, 0) is 0 Å². The maximum absolute atomic E-state index is 12.4. The van der Waals surface area contributed by atoms with Gasteiger partial charge in [-0.2, -0.15) is 0 Å². The minimum Gasteiger partial charge on any atom is -0.361 e. The second-order valence-electron chi connectivity index (χ2n) is 4.44. The molecule has 0 radical (unpaired) electrons. The number of carbonyl (C=O) groups excluding carboxylic acids is 1. The molecule has 1 aromatic rings. The van der Waals surface area contributed by atoms with E-state index in [0.717, 1.165) is 32.5 Å². The summed E-state index contributed by atoms with van der Waals surface area (Å²) in [7, 11) is 0. The summed E-state index contributed by atoms with van der Waals surface area (Å²) in [5, 5.41) is 6.97. The third kappa shape index (κ3) is 2.49. The van der Waals surface area contributed by atoms with Crippen LogP contribution in [0, 0.1) is 6.92 Å². The predicted octanol–water partition coefficient (Wildman–Crippen LogP) is 1.20. The van der Waals surface area contributed by atoms with E-state index in [4.69, 9.17) is 4.52 Å². The van der Waals surface area contributed by atoms with Crippen molar-refractivity contribution < 1.29 is 9.32 Å². The monoisotopic (exact) mass is 237 g/mol. The Morgan fingerprint density at radius 1 is 1.71 bits per heavy atom. The fourth-order valence-corrected chi connectivity index (χ4v) is 2.25. The minimum atomic E-state index is 0.0410. The summed E-state index contributed by atoms with van der Waals surface area (Å²) < 4.78 is 4.96. The van der Waals surface area contributed by atoms with Crippen LogP contribution in [-0.4, -0.2) is 41.6 Å². The van der Waals surface area contributed by atoms with Crippen molar-refractivity contribution in [3.63, 3.8) is 0 Å². The Kier molecular flexibility index (Phi) is 3.78. The molecule has 1 atom stereocenters. The van der Waals surface area contributed by atoms with Crippen LogP contribution in [0.3, 0.4) is 0 Å². The molecule has 5 nitrogen and oxygen atoms in total. The maximum Gasteiger partial charge on any atom is 0.259 e. The van der Waals surface area contributed by atoms with Crippen LogP contribution >= 0.6 is 0 Å². The van der Waals surface area contributed by atoms with Gasteiger partial charge in [-0.25, -0.2) is 0 Å². The van der Waals surface area contributed by atoms with Gasteiger partial charge in [-0.1, -0.05) is 12.1 Å². The summed E-state index contributed by atoms with van der Waals surface area (Å²) in [4.78, 5) is 14.3. The molecule has 94 valence electrons. The zero-order chi connectivity index (χ0) is 12.3. The first-order valence-corrected chi connectivity index (χ1v) is 6.17. The van der Waals surface area contributed by atoms with Gasteiger partial charge in [0.25, 0.3) is 5.91 Å². The number of hydrogen-bond acceptors (Lipinski definition) is 4. The molecule has 0 bridgehead atoms. The number of nitrogens with one attached hydrogen (secondary N) is 1. The molecule has 5 heteroatoms. The first kappa shape index (κ1) is 12.1. The molecular formula is C12H19N3O2. The zero-order valence-electron chi connectivity index (χ0n) is 10.4. The van der Waals surface area contributed by atoms with Crippen LogP contribution < -0.4 is 5.32 Å². The van der Waals surface area contributed by atoms with E-state index in [1.54, 1.807) is 6.92 Å². The highest BCUT2D eigenvalue weighted by atomic mass is 16.5. The van der Waals surface area contributed by atoms with Crippen molar-refractivity contribution in [3.05, 3.63) is 17.5 Å². The minimum absolute atomic E-state index is 0.0410. The quantitative estimate of drug-likeness (QED) is 0.854. The second-order valence-corrected chi connectivity index (χ2v) is 4.44. The Hall–Kier alpha value is -1.36. The molecule has 1 aromatic heterocycles. The van der Waals surface area contributed by atoms with Crippen LogP contribution in [0.1, 0.15) is 35.9 Å². The van der Waals surface area contributed by atoms with E-state index in [2.05, 4.69) is 17.4 Å². The highest BCUT2D eigenvalue weighted by Crippen LogP contribution is 2.16. The van der Waals surface area contributed by atoms with Gasteiger partial charge in [-0.3, -0.25) is 4.79 Å². The van der Waals surface area contributed by atoms with Crippen LogP contribution in [0.25, 0.3) is 0 Å². The maximum atomic E-state index is 12.4. The lowest BCUT2D eigenvalue weighted by molar-refractivity contribution is 0.0690. The molecule has 17 heavy (non-hydrogen) atoms. The van der Waals surface area contributed by atoms with Crippen molar-refractivity contribution in [2.24, 2.45) is 0 Å². The highest BCUT2D eigenvalue weighted by molar-refractivity contribution is 5.95. The number of aryl methyl sites for hydroxylation is 1. The van der Waals surface area contributed by atoms with Crippen molar-refractivity contribution in [2.75, 3.05) is 19.6 Å². The molecule has 1 unspecified atom stereocenters. The molecule has 2 rings (SSSR count). The Morgan fingerprint density at radius 2 is 2.53 bits per heavy atom. The van der Waals surface area contributed by atoms with E-state index in [0.29, 0.717) is 17.4 Å². The van der Waals surface area contributed by atoms with Gasteiger partial charge in [0.2, 0.25) is 0 Å². The normalized spacial score (nSPS) is 19.5. The molecule has 0 saturated carbocycles. The molecule has 0 spiro atoms. The molecule has 1 fully saturated rings. The van der Waals surface area contributed by atoms with Gasteiger partial charge in [-0.15, -0.1) is 0 Å². The van der Waals surface area contributed by atoms with E-state index >= 15 is 0 Å². The van der Waals surface area contributed by atoms with Crippen molar-refractivity contribution in [1.82, 2.24) is 15.4 Å². The third-order valence-electron chi connectivity index (χ3n) is 3.18. The first-order chi connectivity index (χ1) is 8.24. The molecule has 0 aliphatic carbocycles. The molecule has 1 amide bonds. The zero-order valence-corrected chi connectivity index (χ0v) is 10.4. The third-order valence-corrected chi connectivity index (χ3v) is 3.18. The molecule has 1 saturated heterocycles. The highest BCUT2D eigenvalue weighted by Gasteiger charge is 2.28. The Labute approximate surface area is 101 Å². The summed E-state index contributed by atoms with van der Waals surface area (Å²) in [6, 6.07) is 0.303. The fourth-order valence-electron chi connectivity index (χ4n) is 2.25. The van der Waals surface area contributed by atoms with Crippen LogP contribution in [0.15, 0.2) is 10.7 Å². The topological polar surface area (TPSA) is 58.4 Å². The van der Waals surface area contributed by atoms with Crippen molar-refractivity contribution in [2.45, 2.75) is 32.7 Å². The average molecular weight is 237 g/mol.